The number of carbonyl (C=O) groups excluding carboxylic acids is 1. The number of anilines is 1. The Labute approximate surface area is 191 Å². The average Bonchev–Trinajstić information content (AvgIpc) is 3.51. The molecule has 9 heteroatoms. The number of amides is 2. The smallest absolute Gasteiger partial charge is 0.323 e. The first kappa shape index (κ1) is 21.8. The van der Waals surface area contributed by atoms with Crippen molar-refractivity contribution in [3.63, 3.8) is 0 Å². The van der Waals surface area contributed by atoms with E-state index in [2.05, 4.69) is 15.2 Å². The molecule has 174 valence electrons. The van der Waals surface area contributed by atoms with Gasteiger partial charge in [-0.1, -0.05) is 0 Å². The topological polar surface area (TPSA) is 91.6 Å². The van der Waals surface area contributed by atoms with E-state index >= 15 is 0 Å². The van der Waals surface area contributed by atoms with E-state index < -0.39 is 4.92 Å². The molecule has 1 N–H and O–H groups in total. The molecule has 0 spiro atoms. The maximum atomic E-state index is 13.2. The van der Waals surface area contributed by atoms with E-state index in [-0.39, 0.29) is 23.4 Å². The molecular weight excluding hydrogens is 425 g/mol. The van der Waals surface area contributed by atoms with Gasteiger partial charge in [0.15, 0.2) is 0 Å². The van der Waals surface area contributed by atoms with Gasteiger partial charge >= 0.3 is 11.7 Å². The maximum absolute atomic E-state index is 13.2. The van der Waals surface area contributed by atoms with Crippen LogP contribution in [0, 0.1) is 33.7 Å². The van der Waals surface area contributed by atoms with Crippen LogP contribution in [0.15, 0.2) is 36.4 Å². The van der Waals surface area contributed by atoms with E-state index in [9.17, 15) is 19.3 Å². The number of pyridine rings is 1. The molecule has 2 atom stereocenters. The summed E-state index contributed by atoms with van der Waals surface area (Å²) in [6.45, 7) is 4.95. The van der Waals surface area contributed by atoms with E-state index in [1.165, 1.54) is 56.7 Å². The lowest BCUT2D eigenvalue weighted by molar-refractivity contribution is -0.384. The molecule has 2 amide bonds. The minimum Gasteiger partial charge on any atom is -0.324 e. The maximum Gasteiger partial charge on any atom is 0.323 e. The van der Waals surface area contributed by atoms with E-state index in [0.717, 1.165) is 12.8 Å². The van der Waals surface area contributed by atoms with Crippen LogP contribution in [0.25, 0.3) is 11.3 Å². The molecule has 1 aromatic heterocycles. The molecule has 2 unspecified atom stereocenters. The second-order valence-electron chi connectivity index (χ2n) is 9.53. The zero-order chi connectivity index (χ0) is 22.9. The third-order valence-corrected chi connectivity index (χ3v) is 7.29. The number of carbonyl (C=O) groups is 1. The van der Waals surface area contributed by atoms with Gasteiger partial charge in [-0.3, -0.25) is 15.4 Å². The monoisotopic (exact) mass is 453 g/mol. The van der Waals surface area contributed by atoms with Crippen molar-refractivity contribution in [1.29, 1.82) is 0 Å². The van der Waals surface area contributed by atoms with Crippen molar-refractivity contribution in [3.05, 3.63) is 52.3 Å². The quantitative estimate of drug-likeness (QED) is 0.536. The average molecular weight is 454 g/mol. The highest BCUT2D eigenvalue weighted by Gasteiger charge is 2.43. The number of nitro groups is 1. The number of benzene rings is 1. The Morgan fingerprint density at radius 1 is 1.09 bits per heavy atom. The molecule has 3 aliphatic rings. The van der Waals surface area contributed by atoms with Crippen molar-refractivity contribution >= 4 is 17.5 Å². The summed E-state index contributed by atoms with van der Waals surface area (Å²) < 4.78 is 13.2. The number of halogens is 1. The molecule has 1 aromatic carbocycles. The minimum absolute atomic E-state index is 0.0872. The predicted molar refractivity (Wildman–Crippen MR) is 122 cm³/mol. The lowest BCUT2D eigenvalue weighted by Gasteiger charge is -2.22. The number of likely N-dealkylation sites (tertiary alicyclic amines) is 2. The van der Waals surface area contributed by atoms with Gasteiger partial charge in [0.2, 0.25) is 5.82 Å². The molecule has 3 fully saturated rings. The van der Waals surface area contributed by atoms with Crippen LogP contribution in [0.2, 0.25) is 0 Å². The molecule has 3 heterocycles. The van der Waals surface area contributed by atoms with E-state index in [1.807, 2.05) is 0 Å². The van der Waals surface area contributed by atoms with Crippen LogP contribution in [0.5, 0.6) is 0 Å². The van der Waals surface area contributed by atoms with Crippen LogP contribution in [0.4, 0.5) is 20.7 Å². The first-order valence-corrected chi connectivity index (χ1v) is 11.7. The van der Waals surface area contributed by atoms with Crippen LogP contribution in [0.3, 0.4) is 0 Å². The third-order valence-electron chi connectivity index (χ3n) is 7.29. The minimum atomic E-state index is -0.557. The third kappa shape index (κ3) is 4.68. The van der Waals surface area contributed by atoms with E-state index in [1.54, 1.807) is 17.0 Å². The highest BCUT2D eigenvalue weighted by Crippen LogP contribution is 2.42. The van der Waals surface area contributed by atoms with Gasteiger partial charge in [0.25, 0.3) is 0 Å². The largest absolute Gasteiger partial charge is 0.324 e. The van der Waals surface area contributed by atoms with Crippen molar-refractivity contribution in [1.82, 2.24) is 14.8 Å². The standard InChI is InChI=1S/C24H28FN5O3/c25-20-5-3-17(4-6-20)21-7-8-22(30(32)33)23(26-21)27-24(31)29-14-18-11-16(12-19(18)15-29)13-28-9-1-2-10-28/h3-8,16,18-19H,1-2,9-15H2,(H,26,27,31). The van der Waals surface area contributed by atoms with Gasteiger partial charge in [-0.2, -0.15) is 0 Å². The number of aromatic nitrogens is 1. The van der Waals surface area contributed by atoms with E-state index in [0.29, 0.717) is 42.1 Å². The fourth-order valence-electron chi connectivity index (χ4n) is 5.72. The molecule has 33 heavy (non-hydrogen) atoms. The Hall–Kier alpha value is -3.07. The summed E-state index contributed by atoms with van der Waals surface area (Å²) in [5.74, 6) is 1.24. The fraction of sp³-hybridized carbons (Fsp3) is 0.500. The van der Waals surface area contributed by atoms with Crippen LogP contribution >= 0.6 is 0 Å². The van der Waals surface area contributed by atoms with Crippen molar-refractivity contribution in [2.75, 3.05) is 38.0 Å². The zero-order valence-corrected chi connectivity index (χ0v) is 18.5. The van der Waals surface area contributed by atoms with Gasteiger partial charge in [0, 0.05) is 31.3 Å². The number of urea groups is 1. The summed E-state index contributed by atoms with van der Waals surface area (Å²) in [7, 11) is 0. The molecular formula is C24H28FN5O3. The van der Waals surface area contributed by atoms with Gasteiger partial charge in [-0.25, -0.2) is 14.2 Å². The van der Waals surface area contributed by atoms with Gasteiger partial charge in [0.1, 0.15) is 5.82 Å². The number of hydrogen-bond donors (Lipinski definition) is 1. The predicted octanol–water partition coefficient (Wildman–Crippen LogP) is 4.38. The molecule has 8 nitrogen and oxygen atoms in total. The van der Waals surface area contributed by atoms with E-state index in [4.69, 9.17) is 0 Å². The highest BCUT2D eigenvalue weighted by atomic mass is 19.1. The second-order valence-corrected chi connectivity index (χ2v) is 9.53. The molecule has 2 aromatic rings. The Bertz CT molecular complexity index is 1030. The SMILES string of the molecule is O=C(Nc1nc(-c2ccc(F)cc2)ccc1[N+](=O)[O-])N1CC2CC(CN3CCCC3)CC2C1. The molecule has 0 radical (unpaired) electrons. The van der Waals surface area contributed by atoms with Crippen molar-refractivity contribution in [2.45, 2.75) is 25.7 Å². The molecule has 1 aliphatic carbocycles. The Morgan fingerprint density at radius 2 is 1.76 bits per heavy atom. The highest BCUT2D eigenvalue weighted by molar-refractivity contribution is 5.91. The fourth-order valence-corrected chi connectivity index (χ4v) is 5.72. The van der Waals surface area contributed by atoms with Crippen LogP contribution < -0.4 is 5.32 Å². The van der Waals surface area contributed by atoms with Crippen molar-refractivity contribution in [2.24, 2.45) is 17.8 Å². The summed E-state index contributed by atoms with van der Waals surface area (Å²) in [4.78, 5) is 32.6. The number of hydrogen-bond acceptors (Lipinski definition) is 5. The van der Waals surface area contributed by atoms with Gasteiger partial charge in [0.05, 0.1) is 10.6 Å². The molecule has 2 saturated heterocycles. The summed E-state index contributed by atoms with van der Waals surface area (Å²) >= 11 is 0. The Morgan fingerprint density at radius 3 is 2.39 bits per heavy atom. The van der Waals surface area contributed by atoms with Crippen LogP contribution in [-0.4, -0.2) is 58.5 Å². The van der Waals surface area contributed by atoms with Crippen LogP contribution in [0.1, 0.15) is 25.7 Å². The van der Waals surface area contributed by atoms with Crippen molar-refractivity contribution < 1.29 is 14.1 Å². The molecule has 0 bridgehead atoms. The van der Waals surface area contributed by atoms with Gasteiger partial charge in [-0.05, 0) is 86.9 Å². The lowest BCUT2D eigenvalue weighted by Crippen LogP contribution is -2.35. The molecule has 1 saturated carbocycles. The van der Waals surface area contributed by atoms with Gasteiger partial charge in [-0.15, -0.1) is 0 Å². The van der Waals surface area contributed by atoms with Gasteiger partial charge < -0.3 is 9.80 Å². The summed E-state index contributed by atoms with van der Waals surface area (Å²) in [5, 5.41) is 14.2. The molecule has 2 aliphatic heterocycles. The Kier molecular flexibility index (Phi) is 5.97. The second kappa shape index (κ2) is 9.05. The number of rotatable bonds is 5. The van der Waals surface area contributed by atoms with Crippen molar-refractivity contribution in [3.8, 4) is 11.3 Å². The Balaban J connectivity index is 1.25. The molecule has 5 rings (SSSR count). The number of fused-ring (bicyclic) bond motifs is 1. The summed E-state index contributed by atoms with van der Waals surface area (Å²) in [6.07, 6.45) is 4.89. The summed E-state index contributed by atoms with van der Waals surface area (Å²) in [5.41, 5.74) is 0.778. The normalized spacial score (nSPS) is 24.8. The first-order chi connectivity index (χ1) is 16.0. The summed E-state index contributed by atoms with van der Waals surface area (Å²) in [6, 6.07) is 8.18. The number of nitrogens with zero attached hydrogens (tertiary/aromatic N) is 4. The number of nitrogens with one attached hydrogen (secondary N) is 1. The van der Waals surface area contributed by atoms with Crippen LogP contribution in [-0.2, 0) is 0 Å². The zero-order valence-electron chi connectivity index (χ0n) is 18.5. The lowest BCUT2D eigenvalue weighted by atomic mass is 10.0. The first-order valence-electron chi connectivity index (χ1n) is 11.7.